The summed E-state index contributed by atoms with van der Waals surface area (Å²) in [6.07, 6.45) is 0. The van der Waals surface area contributed by atoms with E-state index in [1.54, 1.807) is 0 Å². The molecule has 1 rings (SSSR count). The fourth-order valence-electron chi connectivity index (χ4n) is 1.44. The van der Waals surface area contributed by atoms with E-state index in [1.807, 2.05) is 0 Å². The zero-order chi connectivity index (χ0) is 15.5. The molecule has 20 heavy (non-hydrogen) atoms. The van der Waals surface area contributed by atoms with Gasteiger partial charge in [-0.15, -0.1) is 0 Å². The zero-order valence-corrected chi connectivity index (χ0v) is 11.1. The smallest absolute Gasteiger partial charge is 0.246 e. The molecule has 10 heteroatoms. The van der Waals surface area contributed by atoms with Gasteiger partial charge in [-0.1, -0.05) is 0 Å². The topological polar surface area (TPSA) is 150 Å². The standard InChI is InChI=1S/C10H13FN4O4S/c11-7-3-6(12)1-2-8(7)20(18,19)15(4-9(13)16)5-10(14)17/h1-3H,4-5,12H2,(H2,13,16)(H2,14,17). The number of hydrogen-bond acceptors (Lipinski definition) is 5. The van der Waals surface area contributed by atoms with E-state index in [-0.39, 0.29) is 5.69 Å². The zero-order valence-electron chi connectivity index (χ0n) is 10.2. The lowest BCUT2D eigenvalue weighted by Gasteiger charge is -2.19. The van der Waals surface area contributed by atoms with Crippen LogP contribution >= 0.6 is 0 Å². The summed E-state index contributed by atoms with van der Waals surface area (Å²) in [5, 5.41) is 0. The molecule has 0 aliphatic carbocycles. The molecule has 0 fully saturated rings. The number of nitrogen functional groups attached to an aromatic ring is 1. The summed E-state index contributed by atoms with van der Waals surface area (Å²) in [6, 6.07) is 2.90. The van der Waals surface area contributed by atoms with E-state index in [0.717, 1.165) is 12.1 Å². The largest absolute Gasteiger partial charge is 0.399 e. The van der Waals surface area contributed by atoms with Crippen LogP contribution in [0.25, 0.3) is 0 Å². The maximum absolute atomic E-state index is 13.7. The van der Waals surface area contributed by atoms with Crippen molar-refractivity contribution in [3.05, 3.63) is 24.0 Å². The van der Waals surface area contributed by atoms with Gasteiger partial charge in [0.05, 0.1) is 13.1 Å². The molecular formula is C10H13FN4O4S. The molecule has 0 radical (unpaired) electrons. The molecule has 0 aromatic heterocycles. The number of carbonyl (C=O) groups is 2. The Labute approximate surface area is 114 Å². The lowest BCUT2D eigenvalue weighted by Crippen LogP contribution is -2.43. The first-order chi connectivity index (χ1) is 9.14. The molecule has 0 unspecified atom stereocenters. The first-order valence-electron chi connectivity index (χ1n) is 5.26. The van der Waals surface area contributed by atoms with E-state index in [4.69, 9.17) is 17.2 Å². The van der Waals surface area contributed by atoms with Crippen molar-refractivity contribution in [1.29, 1.82) is 0 Å². The summed E-state index contributed by atoms with van der Waals surface area (Å²) >= 11 is 0. The Balaban J connectivity index is 3.28. The van der Waals surface area contributed by atoms with Gasteiger partial charge in [0, 0.05) is 5.69 Å². The van der Waals surface area contributed by atoms with Crippen LogP contribution in [0, 0.1) is 5.82 Å². The van der Waals surface area contributed by atoms with Gasteiger partial charge >= 0.3 is 0 Å². The number of sulfonamides is 1. The van der Waals surface area contributed by atoms with Crippen LogP contribution in [0.2, 0.25) is 0 Å². The molecule has 1 aromatic rings. The SMILES string of the molecule is NC(=O)CN(CC(N)=O)S(=O)(=O)c1ccc(N)cc1F. The van der Waals surface area contributed by atoms with Gasteiger partial charge in [-0.3, -0.25) is 9.59 Å². The average Bonchev–Trinajstić information content (AvgIpc) is 2.26. The molecule has 0 heterocycles. The van der Waals surface area contributed by atoms with E-state index in [9.17, 15) is 22.4 Å². The third-order valence-corrected chi connectivity index (χ3v) is 4.06. The van der Waals surface area contributed by atoms with Crippen LogP contribution in [0.5, 0.6) is 0 Å². The van der Waals surface area contributed by atoms with Gasteiger partial charge in [0.15, 0.2) is 0 Å². The number of hydrogen-bond donors (Lipinski definition) is 3. The van der Waals surface area contributed by atoms with Gasteiger partial charge in [0.1, 0.15) is 10.7 Å². The molecule has 110 valence electrons. The molecule has 0 aliphatic rings. The Kier molecular flexibility index (Phi) is 4.63. The predicted molar refractivity (Wildman–Crippen MR) is 68.0 cm³/mol. The Bertz CT molecular complexity index is 631. The van der Waals surface area contributed by atoms with E-state index in [2.05, 4.69) is 0 Å². The number of primary amides is 2. The summed E-state index contributed by atoms with van der Waals surface area (Å²) < 4.78 is 38.4. The van der Waals surface area contributed by atoms with Crippen LogP contribution in [0.15, 0.2) is 23.1 Å². The lowest BCUT2D eigenvalue weighted by molar-refractivity contribution is -0.120. The molecule has 1 aromatic carbocycles. The molecule has 0 atom stereocenters. The number of amides is 2. The van der Waals surface area contributed by atoms with E-state index in [0.29, 0.717) is 4.31 Å². The van der Waals surface area contributed by atoms with E-state index in [1.165, 1.54) is 6.07 Å². The van der Waals surface area contributed by atoms with E-state index >= 15 is 0 Å². The maximum atomic E-state index is 13.7. The van der Waals surface area contributed by atoms with Crippen molar-refractivity contribution in [1.82, 2.24) is 4.31 Å². The van der Waals surface area contributed by atoms with Crippen molar-refractivity contribution in [2.24, 2.45) is 11.5 Å². The second-order valence-electron chi connectivity index (χ2n) is 3.90. The Hall–Kier alpha value is -2.20. The number of nitrogens with two attached hydrogens (primary N) is 3. The summed E-state index contributed by atoms with van der Waals surface area (Å²) in [6.45, 7) is -1.59. The minimum absolute atomic E-state index is 0.0257. The minimum atomic E-state index is -4.44. The van der Waals surface area contributed by atoms with Crippen LogP contribution in [-0.4, -0.2) is 37.6 Å². The molecule has 0 spiro atoms. The highest BCUT2D eigenvalue weighted by molar-refractivity contribution is 7.89. The number of nitrogens with zero attached hydrogens (tertiary/aromatic N) is 1. The Morgan fingerprint density at radius 2 is 1.65 bits per heavy atom. The average molecular weight is 304 g/mol. The van der Waals surface area contributed by atoms with E-state index < -0.39 is 45.6 Å². The van der Waals surface area contributed by atoms with Gasteiger partial charge in [0.2, 0.25) is 21.8 Å². The summed E-state index contributed by atoms with van der Waals surface area (Å²) in [5.41, 5.74) is 15.1. The number of benzene rings is 1. The molecule has 8 nitrogen and oxygen atoms in total. The van der Waals surface area contributed by atoms with Crippen molar-refractivity contribution in [3.8, 4) is 0 Å². The van der Waals surface area contributed by atoms with Crippen LogP contribution in [0.1, 0.15) is 0 Å². The van der Waals surface area contributed by atoms with Crippen LogP contribution in [-0.2, 0) is 19.6 Å². The monoisotopic (exact) mass is 304 g/mol. The van der Waals surface area contributed by atoms with Crippen molar-refractivity contribution < 1.29 is 22.4 Å². The maximum Gasteiger partial charge on any atom is 0.246 e. The third-order valence-electron chi connectivity index (χ3n) is 2.24. The van der Waals surface area contributed by atoms with Crippen molar-refractivity contribution in [2.75, 3.05) is 18.8 Å². The summed E-state index contributed by atoms with van der Waals surface area (Å²) in [5.74, 6) is -3.12. The van der Waals surface area contributed by atoms with Crippen LogP contribution < -0.4 is 17.2 Å². The number of rotatable bonds is 6. The number of carbonyl (C=O) groups excluding carboxylic acids is 2. The predicted octanol–water partition coefficient (Wildman–Crippen LogP) is -1.63. The van der Waals surface area contributed by atoms with Crippen LogP contribution in [0.4, 0.5) is 10.1 Å². The van der Waals surface area contributed by atoms with Crippen molar-refractivity contribution in [2.45, 2.75) is 4.90 Å². The Morgan fingerprint density at radius 3 is 2.05 bits per heavy atom. The van der Waals surface area contributed by atoms with Crippen molar-refractivity contribution in [3.63, 3.8) is 0 Å². The molecule has 0 aliphatic heterocycles. The summed E-state index contributed by atoms with van der Waals surface area (Å²) in [7, 11) is -4.44. The minimum Gasteiger partial charge on any atom is -0.399 e. The number of halogens is 1. The molecule has 6 N–H and O–H groups in total. The highest BCUT2D eigenvalue weighted by Crippen LogP contribution is 2.21. The third kappa shape index (κ3) is 3.65. The normalized spacial score (nSPS) is 11.5. The van der Waals surface area contributed by atoms with Gasteiger partial charge < -0.3 is 17.2 Å². The van der Waals surface area contributed by atoms with Crippen LogP contribution in [0.3, 0.4) is 0 Å². The van der Waals surface area contributed by atoms with Gasteiger partial charge in [-0.2, -0.15) is 4.31 Å². The molecule has 0 bridgehead atoms. The fourth-order valence-corrected chi connectivity index (χ4v) is 2.86. The number of anilines is 1. The first kappa shape index (κ1) is 15.9. The van der Waals surface area contributed by atoms with Crippen molar-refractivity contribution >= 4 is 27.5 Å². The van der Waals surface area contributed by atoms with Gasteiger partial charge in [0.25, 0.3) is 0 Å². The fraction of sp³-hybridized carbons (Fsp3) is 0.200. The molecule has 0 saturated carbocycles. The summed E-state index contributed by atoms with van der Waals surface area (Å²) in [4.78, 5) is 21.0. The van der Waals surface area contributed by atoms with Gasteiger partial charge in [-0.05, 0) is 18.2 Å². The van der Waals surface area contributed by atoms with Gasteiger partial charge in [-0.25, -0.2) is 12.8 Å². The second kappa shape index (κ2) is 5.84. The highest BCUT2D eigenvalue weighted by atomic mass is 32.2. The quantitative estimate of drug-likeness (QED) is 0.539. The molecular weight excluding hydrogens is 291 g/mol. The first-order valence-corrected chi connectivity index (χ1v) is 6.70. The Morgan fingerprint density at radius 1 is 1.15 bits per heavy atom. The lowest BCUT2D eigenvalue weighted by atomic mass is 10.3. The molecule has 2 amide bonds. The highest BCUT2D eigenvalue weighted by Gasteiger charge is 2.29. The molecule has 0 saturated heterocycles. The second-order valence-corrected chi connectivity index (χ2v) is 5.80.